The van der Waals surface area contributed by atoms with Gasteiger partial charge in [0.15, 0.2) is 8.25 Å². The van der Waals surface area contributed by atoms with Crippen LogP contribution in [0.3, 0.4) is 0 Å². The summed E-state index contributed by atoms with van der Waals surface area (Å²) in [7, 11) is -0.951. The van der Waals surface area contributed by atoms with E-state index in [9.17, 15) is 19.3 Å². The van der Waals surface area contributed by atoms with E-state index in [1.54, 1.807) is 31.1 Å². The van der Waals surface area contributed by atoms with Crippen LogP contribution in [0.25, 0.3) is 0 Å². The number of thioether (sulfide) groups is 3. The molecule has 18 heteroatoms. The van der Waals surface area contributed by atoms with Crippen molar-refractivity contribution in [2.75, 3.05) is 18.1 Å². The molecule has 37 heavy (non-hydrogen) atoms. The summed E-state index contributed by atoms with van der Waals surface area (Å²) >= 11 is 5.03. The van der Waals surface area contributed by atoms with Crippen molar-refractivity contribution in [1.29, 1.82) is 0 Å². The highest BCUT2D eigenvalue weighted by Crippen LogP contribution is 2.40. The molecule has 4 rings (SSSR count). The zero-order chi connectivity index (χ0) is 26.2. The van der Waals surface area contributed by atoms with E-state index < -0.39 is 25.6 Å². The van der Waals surface area contributed by atoms with Gasteiger partial charge in [0.25, 0.3) is 5.91 Å². The molecule has 194 valence electrons. The quantitative estimate of drug-likeness (QED) is 0.218. The third kappa shape index (κ3) is 7.19. The number of nitrogens with one attached hydrogen (secondary N) is 2. The number of hydrogen-bond donors (Lipinski definition) is 3. The van der Waals surface area contributed by atoms with Gasteiger partial charge in [0, 0.05) is 40.3 Å². The molecule has 0 saturated carbocycles. The number of pyridine rings is 1. The maximum absolute atomic E-state index is 13.0. The first-order valence-corrected chi connectivity index (χ1v) is 15.0. The fourth-order valence-electron chi connectivity index (χ4n) is 2.99. The van der Waals surface area contributed by atoms with E-state index in [0.29, 0.717) is 10.7 Å². The number of carboxylic acids is 1. The number of carbonyl (C=O) groups is 2. The summed E-state index contributed by atoms with van der Waals surface area (Å²) in [5, 5.41) is 19.3. The van der Waals surface area contributed by atoms with Gasteiger partial charge in [-0.1, -0.05) is 28.7 Å². The lowest BCUT2D eigenvalue weighted by Crippen LogP contribution is -2.49. The van der Waals surface area contributed by atoms with Gasteiger partial charge in [0.1, 0.15) is 22.2 Å². The highest BCUT2D eigenvalue weighted by atomic mass is 32.2. The molecule has 3 atom stereocenters. The second kappa shape index (κ2) is 13.2. The number of oxime groups is 1. The summed E-state index contributed by atoms with van der Waals surface area (Å²) in [5.74, 6) is -0.768. The SMILES string of the molecule is CCO/N=C(\C(=O)NC1NC(C(=O)O)=C(SC2=NC(c3ccncc3)CS2)CS1)c1nsc(N=[PH]=O)n1. The van der Waals surface area contributed by atoms with E-state index in [1.807, 2.05) is 12.1 Å². The van der Waals surface area contributed by atoms with Gasteiger partial charge in [-0.25, -0.2) is 4.79 Å². The number of hydrogen-bond acceptors (Lipinski definition) is 15. The molecular weight excluding hydrogens is 580 g/mol. The molecule has 3 unspecified atom stereocenters. The van der Waals surface area contributed by atoms with Crippen molar-refractivity contribution in [2.45, 2.75) is 18.5 Å². The van der Waals surface area contributed by atoms with E-state index >= 15 is 0 Å². The monoisotopic (exact) mass is 598 g/mol. The maximum Gasteiger partial charge on any atom is 0.352 e. The Labute approximate surface area is 228 Å². The van der Waals surface area contributed by atoms with Crippen molar-refractivity contribution in [1.82, 2.24) is 25.0 Å². The van der Waals surface area contributed by atoms with Gasteiger partial charge in [-0.2, -0.15) is 14.1 Å². The van der Waals surface area contributed by atoms with Gasteiger partial charge in [0.2, 0.25) is 16.7 Å². The highest BCUT2D eigenvalue weighted by Gasteiger charge is 2.31. The predicted molar refractivity (Wildman–Crippen MR) is 146 cm³/mol. The van der Waals surface area contributed by atoms with Gasteiger partial charge in [-0.3, -0.25) is 19.3 Å². The molecule has 2 aromatic heterocycles. The molecule has 0 radical (unpaired) electrons. The molecule has 0 spiro atoms. The van der Waals surface area contributed by atoms with Crippen molar-refractivity contribution < 1.29 is 24.1 Å². The fourth-order valence-corrected chi connectivity index (χ4v) is 7.26. The second-order valence-corrected chi connectivity index (χ2v) is 11.6. The molecule has 3 N–H and O–H groups in total. The van der Waals surface area contributed by atoms with Crippen LogP contribution in [0.2, 0.25) is 0 Å². The van der Waals surface area contributed by atoms with E-state index in [0.717, 1.165) is 27.2 Å². The Morgan fingerprint density at radius 3 is 2.92 bits per heavy atom. The first-order valence-electron chi connectivity index (χ1n) is 10.5. The van der Waals surface area contributed by atoms with Crippen molar-refractivity contribution in [3.05, 3.63) is 46.5 Å². The summed E-state index contributed by atoms with van der Waals surface area (Å²) in [6.45, 7) is 1.90. The maximum atomic E-state index is 13.0. The van der Waals surface area contributed by atoms with Crippen LogP contribution < -0.4 is 10.6 Å². The van der Waals surface area contributed by atoms with Gasteiger partial charge in [-0.05, 0) is 24.6 Å². The Hall–Kier alpha value is -2.72. The van der Waals surface area contributed by atoms with Gasteiger partial charge in [-0.15, -0.1) is 11.8 Å². The van der Waals surface area contributed by atoms with Crippen molar-refractivity contribution in [3.63, 3.8) is 0 Å². The number of carboxylic acid groups (broad SMARTS) is 1. The minimum Gasteiger partial charge on any atom is -0.477 e. The number of aromatic nitrogens is 3. The lowest BCUT2D eigenvalue weighted by molar-refractivity contribution is -0.133. The van der Waals surface area contributed by atoms with Crippen molar-refractivity contribution >= 4 is 82.2 Å². The first kappa shape index (κ1) is 27.3. The summed E-state index contributed by atoms with van der Waals surface area (Å²) in [4.78, 5) is 43.4. The third-order valence-electron chi connectivity index (χ3n) is 4.61. The minimum absolute atomic E-state index is 0.00887. The average molecular weight is 599 g/mol. The van der Waals surface area contributed by atoms with E-state index in [4.69, 9.17) is 9.83 Å². The summed E-state index contributed by atoms with van der Waals surface area (Å²) in [5.41, 5.74) is 0.0645. The number of rotatable bonds is 9. The Morgan fingerprint density at radius 1 is 1.38 bits per heavy atom. The number of nitrogens with zero attached hydrogens (tertiary/aromatic N) is 6. The van der Waals surface area contributed by atoms with Crippen molar-refractivity contribution in [2.24, 2.45) is 14.9 Å². The van der Waals surface area contributed by atoms with Crippen LogP contribution in [0, 0.1) is 0 Å². The summed E-state index contributed by atoms with van der Waals surface area (Å²) < 4.78 is 19.2. The molecule has 13 nitrogen and oxygen atoms in total. The average Bonchev–Trinajstić information content (AvgIpc) is 3.56. The van der Waals surface area contributed by atoms with E-state index in [2.05, 4.69) is 34.9 Å². The lowest BCUT2D eigenvalue weighted by atomic mass is 10.1. The fraction of sp³-hybridized carbons (Fsp3) is 0.316. The molecule has 1 amide bonds. The van der Waals surface area contributed by atoms with Crippen LogP contribution in [0.1, 0.15) is 24.4 Å². The molecule has 0 bridgehead atoms. The molecular formula is C19H19N8O5PS4. The van der Waals surface area contributed by atoms with E-state index in [1.165, 1.54) is 23.5 Å². The largest absolute Gasteiger partial charge is 0.477 e. The molecule has 4 heterocycles. The molecule has 0 aliphatic carbocycles. The Kier molecular flexibility index (Phi) is 9.74. The van der Waals surface area contributed by atoms with Crippen LogP contribution in [0.15, 0.2) is 50.0 Å². The molecule has 2 aromatic rings. The van der Waals surface area contributed by atoms with Crippen LogP contribution in [-0.2, 0) is 19.0 Å². The minimum atomic E-state index is -1.15. The van der Waals surface area contributed by atoms with Gasteiger partial charge >= 0.3 is 5.97 Å². The third-order valence-corrected chi connectivity index (χ3v) is 9.20. The summed E-state index contributed by atoms with van der Waals surface area (Å²) in [6.07, 6.45) is 3.44. The van der Waals surface area contributed by atoms with Crippen molar-refractivity contribution in [3.8, 4) is 0 Å². The highest BCUT2D eigenvalue weighted by molar-refractivity contribution is 8.40. The molecule has 0 fully saturated rings. The first-order chi connectivity index (χ1) is 18.0. The Bertz CT molecular complexity index is 1310. The molecule has 0 aromatic carbocycles. The summed E-state index contributed by atoms with van der Waals surface area (Å²) in [6, 6.07) is 3.82. The normalized spacial score (nSPS) is 19.8. The predicted octanol–water partition coefficient (Wildman–Crippen LogP) is 3.12. The van der Waals surface area contributed by atoms with Crippen LogP contribution in [-0.4, -0.2) is 65.0 Å². The zero-order valence-electron chi connectivity index (χ0n) is 19.0. The number of amides is 1. The van der Waals surface area contributed by atoms with E-state index in [-0.39, 0.29) is 35.0 Å². The smallest absolute Gasteiger partial charge is 0.352 e. The molecule has 2 aliphatic rings. The Balaban J connectivity index is 1.45. The number of aliphatic imine (C=N–C) groups is 1. The van der Waals surface area contributed by atoms with Gasteiger partial charge in [0.05, 0.1) is 6.04 Å². The second-order valence-electron chi connectivity index (χ2n) is 6.98. The van der Waals surface area contributed by atoms with Crippen LogP contribution in [0.5, 0.6) is 0 Å². The zero-order valence-corrected chi connectivity index (χ0v) is 23.2. The topological polar surface area (TPSA) is 180 Å². The van der Waals surface area contributed by atoms with Gasteiger partial charge < -0.3 is 20.6 Å². The molecule has 0 saturated heterocycles. The van der Waals surface area contributed by atoms with Crippen LogP contribution >= 0.6 is 55.1 Å². The Morgan fingerprint density at radius 2 is 2.19 bits per heavy atom. The number of carbonyl (C=O) groups excluding carboxylic acids is 1. The molecule has 2 aliphatic heterocycles. The number of aliphatic carboxylic acids is 1. The van der Waals surface area contributed by atoms with Crippen LogP contribution in [0.4, 0.5) is 5.13 Å². The lowest BCUT2D eigenvalue weighted by Gasteiger charge is -2.27. The standard InChI is InChI=1S/C19H19N8O5PS4/c1-2-32-25-13(14-23-18(26-33-31)37-27-14)15(28)24-17-22-12(16(29)30)11(8-34-17)36-19-21-10(7-35-19)9-3-5-20-6-4-9/h3-6,10,17,22,33H,2,7-8H2,1H3,(H,24,28)(H,29,30)/b25-13-.